The van der Waals surface area contributed by atoms with Gasteiger partial charge in [-0.05, 0) is 37.8 Å². The molecule has 6 nitrogen and oxygen atoms in total. The maximum Gasteiger partial charge on any atom is 0.172 e. The first-order valence-corrected chi connectivity index (χ1v) is 8.08. The summed E-state index contributed by atoms with van der Waals surface area (Å²) in [6.45, 7) is 3.53. The number of anilines is 2. The van der Waals surface area contributed by atoms with E-state index in [-0.39, 0.29) is 0 Å². The summed E-state index contributed by atoms with van der Waals surface area (Å²) in [6.07, 6.45) is 9.21. The average molecular weight is 312 g/mol. The van der Waals surface area contributed by atoms with Gasteiger partial charge in [0.05, 0.1) is 11.9 Å². The second-order valence-electron chi connectivity index (χ2n) is 5.74. The van der Waals surface area contributed by atoms with Crippen LogP contribution in [0.5, 0.6) is 0 Å². The lowest BCUT2D eigenvalue weighted by atomic mass is 10.2. The molecule has 2 aromatic rings. The number of allylic oxidation sites excluding steroid dienone is 1. The van der Waals surface area contributed by atoms with Crippen LogP contribution in [0.3, 0.4) is 0 Å². The molecule has 0 aromatic carbocycles. The van der Waals surface area contributed by atoms with Crippen LogP contribution in [0, 0.1) is 0 Å². The average Bonchev–Trinajstić information content (AvgIpc) is 3.13. The van der Waals surface area contributed by atoms with Crippen LogP contribution in [0.15, 0.2) is 29.4 Å². The molecule has 122 valence electrons. The summed E-state index contributed by atoms with van der Waals surface area (Å²) in [5.74, 6) is 0.763. The molecule has 0 unspecified atom stereocenters. The second kappa shape index (κ2) is 6.73. The van der Waals surface area contributed by atoms with Crippen molar-refractivity contribution >= 4 is 23.4 Å². The highest BCUT2D eigenvalue weighted by atomic mass is 15.3. The fraction of sp³-hybridized carbons (Fsp3) is 0.412. The number of aromatic nitrogens is 2. The van der Waals surface area contributed by atoms with Crippen LogP contribution in [0.1, 0.15) is 24.6 Å². The van der Waals surface area contributed by atoms with Gasteiger partial charge in [-0.2, -0.15) is 0 Å². The molecule has 0 saturated heterocycles. The van der Waals surface area contributed by atoms with E-state index in [4.69, 9.17) is 5.73 Å². The minimum atomic E-state index is 0.724. The lowest BCUT2D eigenvalue weighted by Crippen LogP contribution is -2.23. The fourth-order valence-electron chi connectivity index (χ4n) is 3.11. The number of nitrogens with two attached hydrogens (primary N) is 1. The molecule has 0 spiro atoms. The van der Waals surface area contributed by atoms with E-state index in [1.165, 1.54) is 17.7 Å². The molecule has 23 heavy (non-hydrogen) atoms. The van der Waals surface area contributed by atoms with Crippen molar-refractivity contribution in [3.63, 3.8) is 0 Å². The SMILES string of the molecule is C/C=C\N(/C=N/C)CCNc1nn2c3c(ccc2c1N)CCC3. The highest BCUT2D eigenvalue weighted by Gasteiger charge is 2.18. The Hall–Kier alpha value is -2.50. The number of fused-ring (bicyclic) bond motifs is 3. The normalized spacial score (nSPS) is 14.2. The predicted molar refractivity (Wildman–Crippen MR) is 96.1 cm³/mol. The Morgan fingerprint density at radius 1 is 1.43 bits per heavy atom. The molecular weight excluding hydrogens is 288 g/mol. The molecule has 2 heterocycles. The minimum absolute atomic E-state index is 0.724. The van der Waals surface area contributed by atoms with Crippen molar-refractivity contribution in [3.05, 3.63) is 35.7 Å². The maximum absolute atomic E-state index is 6.27. The van der Waals surface area contributed by atoms with Gasteiger partial charge in [-0.25, -0.2) is 4.52 Å². The zero-order chi connectivity index (χ0) is 16.2. The predicted octanol–water partition coefficient (Wildman–Crippen LogP) is 2.31. The number of hydrogen-bond acceptors (Lipinski definition) is 4. The highest BCUT2D eigenvalue weighted by Crippen LogP contribution is 2.29. The van der Waals surface area contributed by atoms with Crippen LogP contribution < -0.4 is 11.1 Å². The van der Waals surface area contributed by atoms with Crippen molar-refractivity contribution in [2.75, 3.05) is 31.2 Å². The van der Waals surface area contributed by atoms with Crippen LogP contribution in [-0.2, 0) is 12.8 Å². The summed E-state index contributed by atoms with van der Waals surface area (Å²) in [6, 6.07) is 4.26. The molecule has 0 aliphatic heterocycles. The lowest BCUT2D eigenvalue weighted by molar-refractivity contribution is 0.588. The Labute approximate surface area is 136 Å². The summed E-state index contributed by atoms with van der Waals surface area (Å²) in [7, 11) is 1.77. The van der Waals surface area contributed by atoms with E-state index in [1.807, 2.05) is 35.0 Å². The van der Waals surface area contributed by atoms with E-state index in [0.717, 1.165) is 43.0 Å². The van der Waals surface area contributed by atoms with Crippen LogP contribution in [0.25, 0.3) is 5.52 Å². The topological polar surface area (TPSA) is 70.9 Å². The first-order chi connectivity index (χ1) is 11.2. The zero-order valence-electron chi connectivity index (χ0n) is 13.8. The molecule has 6 heteroatoms. The first kappa shape index (κ1) is 15.4. The van der Waals surface area contributed by atoms with Gasteiger partial charge in [0.2, 0.25) is 0 Å². The highest BCUT2D eigenvalue weighted by molar-refractivity contribution is 5.81. The number of nitrogen functional groups attached to an aromatic ring is 1. The fourth-order valence-corrected chi connectivity index (χ4v) is 3.11. The Bertz CT molecular complexity index is 731. The Morgan fingerprint density at radius 2 is 2.30 bits per heavy atom. The van der Waals surface area contributed by atoms with Gasteiger partial charge in [-0.3, -0.25) is 4.99 Å². The second-order valence-corrected chi connectivity index (χ2v) is 5.74. The molecule has 0 fully saturated rings. The number of aliphatic imine (C=N–C) groups is 1. The van der Waals surface area contributed by atoms with Gasteiger partial charge < -0.3 is 16.0 Å². The first-order valence-electron chi connectivity index (χ1n) is 8.08. The van der Waals surface area contributed by atoms with Gasteiger partial charge in [0, 0.05) is 32.0 Å². The third-order valence-corrected chi connectivity index (χ3v) is 4.15. The molecule has 0 atom stereocenters. The number of rotatable bonds is 6. The Kier molecular flexibility index (Phi) is 4.50. The van der Waals surface area contributed by atoms with E-state index in [0.29, 0.717) is 0 Å². The van der Waals surface area contributed by atoms with Crippen LogP contribution in [0.4, 0.5) is 11.5 Å². The number of pyridine rings is 1. The molecule has 3 N–H and O–H groups in total. The van der Waals surface area contributed by atoms with E-state index in [9.17, 15) is 0 Å². The zero-order valence-corrected chi connectivity index (χ0v) is 13.8. The van der Waals surface area contributed by atoms with Gasteiger partial charge >= 0.3 is 0 Å². The van der Waals surface area contributed by atoms with E-state index >= 15 is 0 Å². The molecule has 3 rings (SSSR count). The van der Waals surface area contributed by atoms with Crippen molar-refractivity contribution in [3.8, 4) is 0 Å². The molecule has 0 amide bonds. The standard InChI is InChI=1S/C17H24N6/c1-3-10-22(12-19-2)11-9-20-17-16(18)15-8-7-13-5-4-6-14(13)23(15)21-17/h3,7-8,10,12H,4-6,9,11,18H2,1-2H3,(H,20,21)/b10-3-,19-12+. The molecule has 1 aliphatic rings. The third-order valence-electron chi connectivity index (χ3n) is 4.15. The van der Waals surface area contributed by atoms with Crippen LogP contribution in [-0.4, -0.2) is 41.0 Å². The summed E-state index contributed by atoms with van der Waals surface area (Å²) in [4.78, 5) is 6.07. The summed E-state index contributed by atoms with van der Waals surface area (Å²) in [5.41, 5.74) is 10.7. The molecule has 2 aromatic heterocycles. The van der Waals surface area contributed by atoms with Crippen molar-refractivity contribution in [1.29, 1.82) is 0 Å². The third kappa shape index (κ3) is 3.02. The number of aryl methyl sites for hydroxylation is 2. The summed E-state index contributed by atoms with van der Waals surface area (Å²) < 4.78 is 2.01. The number of nitrogens with one attached hydrogen (secondary N) is 1. The minimum Gasteiger partial charge on any atom is -0.394 e. The maximum atomic E-state index is 6.27. The smallest absolute Gasteiger partial charge is 0.172 e. The largest absolute Gasteiger partial charge is 0.394 e. The van der Waals surface area contributed by atoms with Crippen molar-refractivity contribution in [1.82, 2.24) is 14.5 Å². The van der Waals surface area contributed by atoms with E-state index < -0.39 is 0 Å². The number of nitrogens with zero attached hydrogens (tertiary/aromatic N) is 4. The monoisotopic (exact) mass is 312 g/mol. The molecule has 0 radical (unpaired) electrons. The van der Waals surface area contributed by atoms with Crippen molar-refractivity contribution in [2.24, 2.45) is 4.99 Å². The van der Waals surface area contributed by atoms with Gasteiger partial charge in [0.15, 0.2) is 5.82 Å². The Balaban J connectivity index is 1.75. The van der Waals surface area contributed by atoms with Gasteiger partial charge in [-0.15, -0.1) is 5.10 Å². The van der Waals surface area contributed by atoms with Crippen molar-refractivity contribution in [2.45, 2.75) is 26.2 Å². The van der Waals surface area contributed by atoms with E-state index in [2.05, 4.69) is 27.5 Å². The quantitative estimate of drug-likeness (QED) is 0.634. The Morgan fingerprint density at radius 3 is 3.09 bits per heavy atom. The summed E-state index contributed by atoms with van der Waals surface area (Å²) >= 11 is 0. The molecule has 0 bridgehead atoms. The van der Waals surface area contributed by atoms with E-state index in [1.54, 1.807) is 7.05 Å². The van der Waals surface area contributed by atoms with Crippen LogP contribution in [0.2, 0.25) is 0 Å². The number of hydrogen-bond donors (Lipinski definition) is 2. The summed E-state index contributed by atoms with van der Waals surface area (Å²) in [5, 5.41) is 8.03. The van der Waals surface area contributed by atoms with Gasteiger partial charge in [0.1, 0.15) is 5.69 Å². The van der Waals surface area contributed by atoms with Gasteiger partial charge in [-0.1, -0.05) is 12.1 Å². The van der Waals surface area contributed by atoms with Crippen molar-refractivity contribution < 1.29 is 0 Å². The van der Waals surface area contributed by atoms with Crippen LogP contribution >= 0.6 is 0 Å². The molecule has 0 saturated carbocycles. The molecular formula is C17H24N6. The lowest BCUT2D eigenvalue weighted by Gasteiger charge is -2.14. The van der Waals surface area contributed by atoms with Gasteiger partial charge in [0.25, 0.3) is 0 Å². The molecule has 1 aliphatic carbocycles.